The summed E-state index contributed by atoms with van der Waals surface area (Å²) < 4.78 is 0. The molecule has 1 aromatic carbocycles. The highest BCUT2D eigenvalue weighted by molar-refractivity contribution is 5.94. The lowest BCUT2D eigenvalue weighted by Gasteiger charge is -2.21. The van der Waals surface area contributed by atoms with Crippen molar-refractivity contribution in [2.75, 3.05) is 19.6 Å². The molecule has 0 aromatic heterocycles. The van der Waals surface area contributed by atoms with Crippen molar-refractivity contribution in [3.05, 3.63) is 35.9 Å². The molecule has 1 aromatic rings. The Labute approximate surface area is 114 Å². The summed E-state index contributed by atoms with van der Waals surface area (Å²) in [5.41, 5.74) is 0.893. The molecule has 2 heterocycles. The molecule has 0 aliphatic carbocycles. The standard InChI is InChI=1S/C16H18N2O/c1-12-15-10-17-9-14(15)11-18(12)16(19)8-7-13-5-3-2-4-6-13/h2-6,12,14-15,17H,9-11H2,1H3. The minimum atomic E-state index is -0.0363. The molecule has 0 bridgehead atoms. The van der Waals surface area contributed by atoms with Gasteiger partial charge >= 0.3 is 0 Å². The molecule has 3 heteroatoms. The van der Waals surface area contributed by atoms with Crippen molar-refractivity contribution in [1.82, 2.24) is 10.2 Å². The van der Waals surface area contributed by atoms with Crippen molar-refractivity contribution in [2.45, 2.75) is 13.0 Å². The van der Waals surface area contributed by atoms with Gasteiger partial charge in [-0.05, 0) is 30.9 Å². The Morgan fingerprint density at radius 1 is 1.32 bits per heavy atom. The number of benzene rings is 1. The van der Waals surface area contributed by atoms with Gasteiger partial charge in [-0.3, -0.25) is 4.79 Å². The van der Waals surface area contributed by atoms with Gasteiger partial charge in [0.2, 0.25) is 0 Å². The Hall–Kier alpha value is -1.79. The zero-order valence-corrected chi connectivity index (χ0v) is 11.1. The fourth-order valence-corrected chi connectivity index (χ4v) is 3.15. The Balaban J connectivity index is 1.70. The van der Waals surface area contributed by atoms with E-state index in [4.69, 9.17) is 0 Å². The van der Waals surface area contributed by atoms with E-state index in [0.29, 0.717) is 17.9 Å². The van der Waals surface area contributed by atoms with Crippen LogP contribution in [-0.4, -0.2) is 36.5 Å². The molecule has 3 rings (SSSR count). The topological polar surface area (TPSA) is 32.3 Å². The van der Waals surface area contributed by atoms with Gasteiger partial charge in [-0.1, -0.05) is 24.1 Å². The van der Waals surface area contributed by atoms with E-state index in [9.17, 15) is 4.79 Å². The predicted molar refractivity (Wildman–Crippen MR) is 74.3 cm³/mol. The minimum Gasteiger partial charge on any atom is -0.329 e. The van der Waals surface area contributed by atoms with Gasteiger partial charge in [0, 0.05) is 37.2 Å². The van der Waals surface area contributed by atoms with Gasteiger partial charge in [0.05, 0.1) is 0 Å². The predicted octanol–water partition coefficient (Wildman–Crippen LogP) is 1.10. The second-order valence-corrected chi connectivity index (χ2v) is 5.40. The summed E-state index contributed by atoms with van der Waals surface area (Å²) in [6, 6.07) is 9.96. The quantitative estimate of drug-likeness (QED) is 0.703. The minimum absolute atomic E-state index is 0.0363. The van der Waals surface area contributed by atoms with Crippen LogP contribution in [0.15, 0.2) is 30.3 Å². The van der Waals surface area contributed by atoms with Crippen LogP contribution in [0.2, 0.25) is 0 Å². The van der Waals surface area contributed by atoms with Gasteiger partial charge in [0.15, 0.2) is 0 Å². The summed E-state index contributed by atoms with van der Waals surface area (Å²) in [7, 11) is 0. The van der Waals surface area contributed by atoms with E-state index in [1.807, 2.05) is 35.2 Å². The van der Waals surface area contributed by atoms with E-state index in [2.05, 4.69) is 24.1 Å². The maximum absolute atomic E-state index is 12.2. The van der Waals surface area contributed by atoms with Crippen molar-refractivity contribution >= 4 is 5.91 Å². The molecule has 1 N–H and O–H groups in total. The first kappa shape index (κ1) is 12.3. The Morgan fingerprint density at radius 2 is 2.11 bits per heavy atom. The van der Waals surface area contributed by atoms with E-state index in [-0.39, 0.29) is 5.91 Å². The van der Waals surface area contributed by atoms with E-state index >= 15 is 0 Å². The van der Waals surface area contributed by atoms with E-state index in [1.165, 1.54) is 0 Å². The summed E-state index contributed by atoms with van der Waals surface area (Å²) in [4.78, 5) is 14.1. The summed E-state index contributed by atoms with van der Waals surface area (Å²) in [6.45, 7) is 5.05. The molecule has 98 valence electrons. The molecule has 19 heavy (non-hydrogen) atoms. The third kappa shape index (κ3) is 2.36. The highest BCUT2D eigenvalue weighted by Crippen LogP contribution is 2.32. The van der Waals surface area contributed by atoms with Crippen molar-refractivity contribution in [1.29, 1.82) is 0 Å². The van der Waals surface area contributed by atoms with Gasteiger partial charge in [0.1, 0.15) is 0 Å². The zero-order chi connectivity index (χ0) is 13.2. The van der Waals surface area contributed by atoms with Crippen LogP contribution in [0.5, 0.6) is 0 Å². The summed E-state index contributed by atoms with van der Waals surface area (Å²) >= 11 is 0. The SMILES string of the molecule is CC1C2CNCC2CN1C(=O)C#Cc1ccccc1. The van der Waals surface area contributed by atoms with Crippen molar-refractivity contribution in [3.8, 4) is 11.8 Å². The number of carbonyl (C=O) groups is 1. The molecule has 1 amide bonds. The molecule has 2 aliphatic heterocycles. The first-order valence-corrected chi connectivity index (χ1v) is 6.84. The Bertz CT molecular complexity index is 529. The van der Waals surface area contributed by atoms with Gasteiger partial charge in [-0.2, -0.15) is 0 Å². The smallest absolute Gasteiger partial charge is 0.299 e. The van der Waals surface area contributed by atoms with Gasteiger partial charge in [0.25, 0.3) is 5.91 Å². The van der Waals surface area contributed by atoms with Crippen LogP contribution in [0.1, 0.15) is 12.5 Å². The maximum atomic E-state index is 12.2. The van der Waals surface area contributed by atoms with Crippen molar-refractivity contribution < 1.29 is 4.79 Å². The average molecular weight is 254 g/mol. The van der Waals surface area contributed by atoms with E-state index in [1.54, 1.807) is 0 Å². The number of amides is 1. The molecular formula is C16H18N2O. The monoisotopic (exact) mass is 254 g/mol. The van der Waals surface area contributed by atoms with Gasteiger partial charge in [-0.25, -0.2) is 0 Å². The number of carbonyl (C=O) groups excluding carboxylic acids is 1. The number of hydrogen-bond donors (Lipinski definition) is 1. The number of fused-ring (bicyclic) bond motifs is 1. The highest BCUT2D eigenvalue weighted by Gasteiger charge is 2.43. The maximum Gasteiger partial charge on any atom is 0.299 e. The highest BCUT2D eigenvalue weighted by atomic mass is 16.2. The van der Waals surface area contributed by atoms with Crippen LogP contribution in [0.4, 0.5) is 0 Å². The Morgan fingerprint density at radius 3 is 2.84 bits per heavy atom. The lowest BCUT2D eigenvalue weighted by Crippen LogP contribution is -2.37. The van der Waals surface area contributed by atoms with E-state index in [0.717, 1.165) is 25.2 Å². The first-order valence-electron chi connectivity index (χ1n) is 6.84. The van der Waals surface area contributed by atoms with Crippen LogP contribution >= 0.6 is 0 Å². The zero-order valence-electron chi connectivity index (χ0n) is 11.1. The van der Waals surface area contributed by atoms with Crippen LogP contribution < -0.4 is 5.32 Å². The lowest BCUT2D eigenvalue weighted by atomic mass is 9.95. The summed E-state index contributed by atoms with van der Waals surface area (Å²) in [5.74, 6) is 6.90. The van der Waals surface area contributed by atoms with Crippen LogP contribution in [0.3, 0.4) is 0 Å². The van der Waals surface area contributed by atoms with Crippen molar-refractivity contribution in [3.63, 3.8) is 0 Å². The van der Waals surface area contributed by atoms with Crippen LogP contribution in [0.25, 0.3) is 0 Å². The third-order valence-electron chi connectivity index (χ3n) is 4.28. The molecule has 0 radical (unpaired) electrons. The lowest BCUT2D eigenvalue weighted by molar-refractivity contribution is -0.126. The largest absolute Gasteiger partial charge is 0.329 e. The van der Waals surface area contributed by atoms with Gasteiger partial charge < -0.3 is 10.2 Å². The molecule has 3 nitrogen and oxygen atoms in total. The van der Waals surface area contributed by atoms with Gasteiger partial charge in [-0.15, -0.1) is 0 Å². The fourth-order valence-electron chi connectivity index (χ4n) is 3.15. The molecule has 0 spiro atoms. The molecule has 0 saturated carbocycles. The number of rotatable bonds is 0. The third-order valence-corrected chi connectivity index (χ3v) is 4.28. The number of nitrogens with one attached hydrogen (secondary N) is 1. The average Bonchev–Trinajstić information content (AvgIpc) is 3.01. The molecule has 3 unspecified atom stereocenters. The normalized spacial score (nSPS) is 28.7. The van der Waals surface area contributed by atoms with Crippen LogP contribution in [-0.2, 0) is 4.79 Å². The first-order chi connectivity index (χ1) is 9.25. The fraction of sp³-hybridized carbons (Fsp3) is 0.438. The summed E-state index contributed by atoms with van der Waals surface area (Å²) in [6.07, 6.45) is 0. The number of hydrogen-bond acceptors (Lipinski definition) is 2. The molecular weight excluding hydrogens is 236 g/mol. The Kier molecular flexibility index (Phi) is 3.27. The molecule has 2 fully saturated rings. The second-order valence-electron chi connectivity index (χ2n) is 5.40. The molecule has 2 aliphatic rings. The number of nitrogens with zero attached hydrogens (tertiary/aromatic N) is 1. The van der Waals surface area contributed by atoms with E-state index < -0.39 is 0 Å². The second kappa shape index (κ2) is 5.07. The van der Waals surface area contributed by atoms with Crippen LogP contribution in [0, 0.1) is 23.7 Å². The number of likely N-dealkylation sites (tertiary alicyclic amines) is 1. The molecule has 3 atom stereocenters. The van der Waals surface area contributed by atoms with Crippen molar-refractivity contribution in [2.24, 2.45) is 11.8 Å². The summed E-state index contributed by atoms with van der Waals surface area (Å²) in [5, 5.41) is 3.40. The molecule has 2 saturated heterocycles.